The molecule has 7 heteroatoms. The predicted octanol–water partition coefficient (Wildman–Crippen LogP) is 0.787. The number of methoxy groups -OCH3 is 1. The van der Waals surface area contributed by atoms with Crippen molar-refractivity contribution in [3.8, 4) is 0 Å². The zero-order valence-electron chi connectivity index (χ0n) is 14.9. The largest absolute Gasteiger partial charge is 0.383 e. The maximum absolute atomic E-state index is 11.8. The van der Waals surface area contributed by atoms with E-state index in [1.165, 1.54) is 12.8 Å². The van der Waals surface area contributed by atoms with Gasteiger partial charge in [-0.1, -0.05) is 0 Å². The summed E-state index contributed by atoms with van der Waals surface area (Å²) in [5.74, 6) is 0.485. The highest BCUT2D eigenvalue weighted by Gasteiger charge is 2.20. The van der Waals surface area contributed by atoms with Crippen LogP contribution in [0.2, 0.25) is 0 Å². The average Bonchev–Trinajstić information content (AvgIpc) is 2.59. The van der Waals surface area contributed by atoms with Gasteiger partial charge in [0.15, 0.2) is 0 Å². The Kier molecular flexibility index (Phi) is 7.42. The van der Waals surface area contributed by atoms with Gasteiger partial charge in [-0.25, -0.2) is 4.98 Å². The fraction of sp³-hybridized carbons (Fsp3) is 0.647. The van der Waals surface area contributed by atoms with Crippen LogP contribution >= 0.6 is 0 Å². The fourth-order valence-electron chi connectivity index (χ4n) is 2.85. The molecule has 1 amide bonds. The molecule has 7 nitrogen and oxygen atoms in total. The highest BCUT2D eigenvalue weighted by molar-refractivity contribution is 5.91. The Morgan fingerprint density at radius 2 is 2.12 bits per heavy atom. The topological polar surface area (TPSA) is 69.7 Å². The van der Waals surface area contributed by atoms with E-state index in [0.717, 1.165) is 18.8 Å². The number of carbonyl (C=O) groups excluding carboxylic acids is 1. The second-order valence-corrected chi connectivity index (χ2v) is 6.30. The molecule has 0 radical (unpaired) electrons. The number of rotatable bonds is 8. The van der Waals surface area contributed by atoms with Gasteiger partial charge in [-0.15, -0.1) is 0 Å². The lowest BCUT2D eigenvalue weighted by atomic mass is 10.0. The molecule has 1 saturated heterocycles. The van der Waals surface area contributed by atoms with Gasteiger partial charge in [0.25, 0.3) is 0 Å². The smallest absolute Gasteiger partial charge is 0.239 e. The van der Waals surface area contributed by atoms with Crippen molar-refractivity contribution < 1.29 is 9.53 Å². The minimum absolute atomic E-state index is 0.0989. The molecule has 1 aliphatic heterocycles. The quantitative estimate of drug-likeness (QED) is 0.685. The van der Waals surface area contributed by atoms with E-state index in [2.05, 4.69) is 39.5 Å². The van der Waals surface area contributed by atoms with Crippen molar-refractivity contribution in [1.82, 2.24) is 15.2 Å². The van der Waals surface area contributed by atoms with E-state index in [-0.39, 0.29) is 12.5 Å². The van der Waals surface area contributed by atoms with Crippen LogP contribution in [0.25, 0.3) is 0 Å². The van der Waals surface area contributed by atoms with Crippen LogP contribution in [0.15, 0.2) is 18.3 Å². The molecule has 0 atom stereocenters. The number of nitrogens with one attached hydrogen (secondary N) is 2. The van der Waals surface area contributed by atoms with Crippen molar-refractivity contribution >= 4 is 17.4 Å². The molecule has 134 valence electrons. The van der Waals surface area contributed by atoms with Crippen LogP contribution in [0, 0.1) is 0 Å². The summed E-state index contributed by atoms with van der Waals surface area (Å²) in [4.78, 5) is 20.8. The number of amides is 1. The molecule has 0 bridgehead atoms. The summed E-state index contributed by atoms with van der Waals surface area (Å²) in [6.45, 7) is 3.58. The van der Waals surface area contributed by atoms with E-state index in [0.29, 0.717) is 25.0 Å². The van der Waals surface area contributed by atoms with E-state index in [1.807, 2.05) is 18.3 Å². The van der Waals surface area contributed by atoms with Crippen LogP contribution in [0.3, 0.4) is 0 Å². The van der Waals surface area contributed by atoms with Gasteiger partial charge >= 0.3 is 0 Å². The van der Waals surface area contributed by atoms with Gasteiger partial charge in [0.1, 0.15) is 5.82 Å². The van der Waals surface area contributed by atoms with Gasteiger partial charge < -0.3 is 25.2 Å². The zero-order valence-corrected chi connectivity index (χ0v) is 14.9. The molecular weight excluding hydrogens is 306 g/mol. The lowest BCUT2D eigenvalue weighted by Crippen LogP contribution is -2.42. The van der Waals surface area contributed by atoms with Crippen molar-refractivity contribution in [2.75, 3.05) is 64.2 Å². The van der Waals surface area contributed by atoms with Gasteiger partial charge in [0.05, 0.1) is 25.0 Å². The van der Waals surface area contributed by atoms with Crippen LogP contribution in [-0.2, 0) is 9.53 Å². The molecule has 24 heavy (non-hydrogen) atoms. The number of hydrogen-bond acceptors (Lipinski definition) is 6. The monoisotopic (exact) mass is 335 g/mol. The van der Waals surface area contributed by atoms with Crippen molar-refractivity contribution in [3.05, 3.63) is 18.3 Å². The maximum atomic E-state index is 11.8. The minimum atomic E-state index is -0.0989. The van der Waals surface area contributed by atoms with Gasteiger partial charge in [0, 0.05) is 32.8 Å². The summed E-state index contributed by atoms with van der Waals surface area (Å²) in [5.41, 5.74) is 1.11. The first kappa shape index (κ1) is 18.6. The van der Waals surface area contributed by atoms with Gasteiger partial charge in [-0.3, -0.25) is 4.79 Å². The Balaban J connectivity index is 1.77. The van der Waals surface area contributed by atoms with Crippen LogP contribution < -0.4 is 15.5 Å². The van der Waals surface area contributed by atoms with Crippen molar-refractivity contribution in [2.24, 2.45) is 0 Å². The first-order chi connectivity index (χ1) is 11.6. The normalized spacial score (nSPS) is 15.8. The third-order valence-corrected chi connectivity index (χ3v) is 4.34. The van der Waals surface area contributed by atoms with Crippen molar-refractivity contribution in [2.45, 2.75) is 18.9 Å². The van der Waals surface area contributed by atoms with E-state index >= 15 is 0 Å². The minimum Gasteiger partial charge on any atom is -0.383 e. The number of ether oxygens (including phenoxy) is 1. The SMILES string of the molecule is COCCNCC(=O)Nc1ccc(N2CCC(N(C)C)CC2)cn1. The molecule has 0 unspecified atom stereocenters. The summed E-state index contributed by atoms with van der Waals surface area (Å²) >= 11 is 0. The highest BCUT2D eigenvalue weighted by Crippen LogP contribution is 2.21. The molecule has 1 aromatic heterocycles. The number of carbonyl (C=O) groups is 1. The van der Waals surface area contributed by atoms with E-state index in [4.69, 9.17) is 4.74 Å². The number of aromatic nitrogens is 1. The Morgan fingerprint density at radius 1 is 1.38 bits per heavy atom. The number of pyridine rings is 1. The number of nitrogens with zero attached hydrogens (tertiary/aromatic N) is 3. The van der Waals surface area contributed by atoms with E-state index < -0.39 is 0 Å². The Morgan fingerprint density at radius 3 is 2.71 bits per heavy atom. The van der Waals surface area contributed by atoms with E-state index in [1.54, 1.807) is 7.11 Å². The number of piperidine rings is 1. The van der Waals surface area contributed by atoms with Gasteiger partial charge in [-0.2, -0.15) is 0 Å². The fourth-order valence-corrected chi connectivity index (χ4v) is 2.85. The van der Waals surface area contributed by atoms with Crippen LogP contribution in [0.1, 0.15) is 12.8 Å². The van der Waals surface area contributed by atoms with Crippen molar-refractivity contribution in [3.63, 3.8) is 0 Å². The number of anilines is 2. The maximum Gasteiger partial charge on any atom is 0.239 e. The predicted molar refractivity (Wildman–Crippen MR) is 96.5 cm³/mol. The molecule has 2 N–H and O–H groups in total. The summed E-state index contributed by atoms with van der Waals surface area (Å²) < 4.78 is 4.92. The van der Waals surface area contributed by atoms with Crippen LogP contribution in [-0.4, -0.2) is 75.8 Å². The summed E-state index contributed by atoms with van der Waals surface area (Å²) in [6.07, 6.45) is 4.17. The summed E-state index contributed by atoms with van der Waals surface area (Å²) in [5, 5.41) is 5.80. The van der Waals surface area contributed by atoms with Gasteiger partial charge in [-0.05, 0) is 39.1 Å². The molecule has 0 aromatic carbocycles. The van der Waals surface area contributed by atoms with Crippen LogP contribution in [0.5, 0.6) is 0 Å². The lowest BCUT2D eigenvalue weighted by molar-refractivity contribution is -0.115. The second kappa shape index (κ2) is 9.56. The Hall–Kier alpha value is -1.70. The summed E-state index contributed by atoms with van der Waals surface area (Å²) in [6, 6.07) is 4.55. The molecule has 0 saturated carbocycles. The lowest BCUT2D eigenvalue weighted by Gasteiger charge is -2.36. The molecule has 2 rings (SSSR count). The average molecular weight is 335 g/mol. The first-order valence-electron chi connectivity index (χ1n) is 8.47. The Labute approximate surface area is 144 Å². The van der Waals surface area contributed by atoms with E-state index in [9.17, 15) is 4.79 Å². The highest BCUT2D eigenvalue weighted by atomic mass is 16.5. The van der Waals surface area contributed by atoms with Crippen LogP contribution in [0.4, 0.5) is 11.5 Å². The molecule has 1 fully saturated rings. The molecular formula is C17H29N5O2. The molecule has 1 aromatic rings. The zero-order chi connectivity index (χ0) is 17.4. The standard InChI is InChI=1S/C17H29N5O2/c1-21(2)14-6-9-22(10-7-14)15-4-5-16(19-12-15)20-17(23)13-18-8-11-24-3/h4-5,12,14,18H,6-11,13H2,1-3H3,(H,19,20,23). The molecule has 2 heterocycles. The number of hydrogen-bond donors (Lipinski definition) is 2. The van der Waals surface area contributed by atoms with Gasteiger partial charge in [0.2, 0.25) is 5.91 Å². The molecule has 0 spiro atoms. The second-order valence-electron chi connectivity index (χ2n) is 6.30. The third-order valence-electron chi connectivity index (χ3n) is 4.34. The Bertz CT molecular complexity index is 498. The molecule has 0 aliphatic carbocycles. The molecule has 1 aliphatic rings. The van der Waals surface area contributed by atoms with Crippen molar-refractivity contribution in [1.29, 1.82) is 0 Å². The first-order valence-corrected chi connectivity index (χ1v) is 8.47. The summed E-state index contributed by atoms with van der Waals surface area (Å²) in [7, 11) is 5.92. The third kappa shape index (κ3) is 5.74.